The van der Waals surface area contributed by atoms with Gasteiger partial charge in [-0.2, -0.15) is 0 Å². The van der Waals surface area contributed by atoms with Crippen LogP contribution in [0.3, 0.4) is 0 Å². The van der Waals surface area contributed by atoms with Gasteiger partial charge in [-0.05, 0) is 30.4 Å². The van der Waals surface area contributed by atoms with Gasteiger partial charge < -0.3 is 11.1 Å². The smallest absolute Gasteiger partial charge is 0.248 e. The SMILES string of the molecule is CC1(CNCc2ccc(C(N)=O)cc2F)CCCCC1. The zero-order valence-corrected chi connectivity index (χ0v) is 12.0. The Labute approximate surface area is 119 Å². The number of primary amides is 1. The number of nitrogens with one attached hydrogen (secondary N) is 1. The molecule has 1 saturated carbocycles. The van der Waals surface area contributed by atoms with Crippen LogP contribution in [0.1, 0.15) is 54.9 Å². The molecule has 110 valence electrons. The van der Waals surface area contributed by atoms with Crippen LogP contribution in [0.2, 0.25) is 0 Å². The fourth-order valence-corrected chi connectivity index (χ4v) is 2.92. The molecule has 2 rings (SSSR count). The molecule has 20 heavy (non-hydrogen) atoms. The highest BCUT2D eigenvalue weighted by atomic mass is 19.1. The van der Waals surface area contributed by atoms with Gasteiger partial charge in [0.25, 0.3) is 0 Å². The first-order valence-corrected chi connectivity index (χ1v) is 7.29. The van der Waals surface area contributed by atoms with Crippen molar-refractivity contribution < 1.29 is 9.18 Å². The molecule has 1 aliphatic carbocycles. The summed E-state index contributed by atoms with van der Waals surface area (Å²) in [5.41, 5.74) is 6.25. The minimum Gasteiger partial charge on any atom is -0.366 e. The largest absolute Gasteiger partial charge is 0.366 e. The number of nitrogens with two attached hydrogens (primary N) is 1. The molecule has 0 heterocycles. The summed E-state index contributed by atoms with van der Waals surface area (Å²) >= 11 is 0. The summed E-state index contributed by atoms with van der Waals surface area (Å²) in [5, 5.41) is 3.35. The lowest BCUT2D eigenvalue weighted by Crippen LogP contribution is -2.33. The first-order valence-electron chi connectivity index (χ1n) is 7.29. The number of hydrogen-bond donors (Lipinski definition) is 2. The average Bonchev–Trinajstić information content (AvgIpc) is 2.41. The number of carbonyl (C=O) groups excluding carboxylic acids is 1. The molecule has 1 aromatic rings. The quantitative estimate of drug-likeness (QED) is 0.870. The summed E-state index contributed by atoms with van der Waals surface area (Å²) in [6.07, 6.45) is 6.39. The Morgan fingerprint density at radius 3 is 2.65 bits per heavy atom. The molecule has 0 atom stereocenters. The molecule has 0 unspecified atom stereocenters. The Hall–Kier alpha value is -1.42. The molecular weight excluding hydrogens is 255 g/mol. The molecule has 3 nitrogen and oxygen atoms in total. The van der Waals surface area contributed by atoms with E-state index in [-0.39, 0.29) is 11.4 Å². The number of benzene rings is 1. The van der Waals surface area contributed by atoms with Crippen molar-refractivity contribution in [3.05, 3.63) is 35.1 Å². The van der Waals surface area contributed by atoms with Crippen molar-refractivity contribution in [2.24, 2.45) is 11.1 Å². The molecule has 1 aliphatic rings. The van der Waals surface area contributed by atoms with Gasteiger partial charge in [0, 0.05) is 24.2 Å². The monoisotopic (exact) mass is 278 g/mol. The lowest BCUT2D eigenvalue weighted by atomic mass is 9.76. The van der Waals surface area contributed by atoms with E-state index in [0.29, 0.717) is 17.5 Å². The molecular formula is C16H23FN2O. The summed E-state index contributed by atoms with van der Waals surface area (Å²) in [7, 11) is 0. The number of carbonyl (C=O) groups is 1. The van der Waals surface area contributed by atoms with Crippen LogP contribution in [0, 0.1) is 11.2 Å². The van der Waals surface area contributed by atoms with E-state index in [1.807, 2.05) is 0 Å². The minimum absolute atomic E-state index is 0.213. The molecule has 1 aromatic carbocycles. The first-order chi connectivity index (χ1) is 9.50. The fourth-order valence-electron chi connectivity index (χ4n) is 2.92. The zero-order valence-electron chi connectivity index (χ0n) is 12.0. The van der Waals surface area contributed by atoms with Crippen LogP contribution >= 0.6 is 0 Å². The van der Waals surface area contributed by atoms with Crippen LogP contribution in [0.5, 0.6) is 0 Å². The molecule has 4 heteroatoms. The average molecular weight is 278 g/mol. The van der Waals surface area contributed by atoms with Gasteiger partial charge in [0.1, 0.15) is 5.82 Å². The second kappa shape index (κ2) is 6.35. The number of rotatable bonds is 5. The molecule has 0 spiro atoms. The Morgan fingerprint density at radius 1 is 1.35 bits per heavy atom. The van der Waals surface area contributed by atoms with Crippen LogP contribution in [0.4, 0.5) is 4.39 Å². The summed E-state index contributed by atoms with van der Waals surface area (Å²) in [4.78, 5) is 11.0. The van der Waals surface area contributed by atoms with E-state index in [2.05, 4.69) is 12.2 Å². The highest BCUT2D eigenvalue weighted by Gasteiger charge is 2.26. The lowest BCUT2D eigenvalue weighted by Gasteiger charge is -2.33. The van der Waals surface area contributed by atoms with Gasteiger partial charge in [-0.15, -0.1) is 0 Å². The van der Waals surface area contributed by atoms with E-state index in [1.54, 1.807) is 12.1 Å². The molecule has 1 amide bonds. The first kappa shape index (κ1) is 15.0. The molecule has 0 aliphatic heterocycles. The third kappa shape index (κ3) is 3.79. The van der Waals surface area contributed by atoms with Crippen LogP contribution in [-0.4, -0.2) is 12.5 Å². The van der Waals surface area contributed by atoms with Crippen molar-refractivity contribution in [2.45, 2.75) is 45.6 Å². The maximum atomic E-state index is 13.8. The van der Waals surface area contributed by atoms with Crippen molar-refractivity contribution in [2.75, 3.05) is 6.54 Å². The van der Waals surface area contributed by atoms with Gasteiger partial charge in [0.15, 0.2) is 0 Å². The maximum absolute atomic E-state index is 13.8. The van der Waals surface area contributed by atoms with Gasteiger partial charge in [0.05, 0.1) is 0 Å². The van der Waals surface area contributed by atoms with Gasteiger partial charge in [-0.25, -0.2) is 4.39 Å². The minimum atomic E-state index is -0.599. The predicted octanol–water partition coefficient (Wildman–Crippen LogP) is 2.98. The van der Waals surface area contributed by atoms with Crippen LogP contribution in [0.25, 0.3) is 0 Å². The summed E-state index contributed by atoms with van der Waals surface area (Å²) in [5.74, 6) is -0.972. The molecule has 3 N–H and O–H groups in total. The van der Waals surface area contributed by atoms with Gasteiger partial charge in [-0.1, -0.05) is 32.3 Å². The maximum Gasteiger partial charge on any atom is 0.248 e. The van der Waals surface area contributed by atoms with Crippen molar-refractivity contribution >= 4 is 5.91 Å². The lowest BCUT2D eigenvalue weighted by molar-refractivity contribution is 0.1000. The van der Waals surface area contributed by atoms with Crippen LogP contribution in [0.15, 0.2) is 18.2 Å². The summed E-state index contributed by atoms with van der Waals surface area (Å²) in [6.45, 7) is 3.69. The van der Waals surface area contributed by atoms with Crippen molar-refractivity contribution in [3.8, 4) is 0 Å². The Balaban J connectivity index is 1.89. The number of amides is 1. The second-order valence-electron chi connectivity index (χ2n) is 6.15. The van der Waals surface area contributed by atoms with Gasteiger partial charge >= 0.3 is 0 Å². The predicted molar refractivity (Wildman–Crippen MR) is 77.8 cm³/mol. The molecule has 1 fully saturated rings. The van der Waals surface area contributed by atoms with E-state index in [0.717, 1.165) is 6.54 Å². The fraction of sp³-hybridized carbons (Fsp3) is 0.562. The van der Waals surface area contributed by atoms with Crippen molar-refractivity contribution in [1.29, 1.82) is 0 Å². The third-order valence-corrected chi connectivity index (χ3v) is 4.27. The van der Waals surface area contributed by atoms with E-state index in [1.165, 1.54) is 38.2 Å². The summed E-state index contributed by atoms with van der Waals surface area (Å²) < 4.78 is 13.8. The van der Waals surface area contributed by atoms with E-state index < -0.39 is 5.91 Å². The molecule has 0 saturated heterocycles. The highest BCUT2D eigenvalue weighted by molar-refractivity contribution is 5.92. The molecule has 0 radical (unpaired) electrons. The van der Waals surface area contributed by atoms with E-state index >= 15 is 0 Å². The topological polar surface area (TPSA) is 55.1 Å². The third-order valence-electron chi connectivity index (χ3n) is 4.27. The normalized spacial score (nSPS) is 17.9. The van der Waals surface area contributed by atoms with Gasteiger partial charge in [-0.3, -0.25) is 4.79 Å². The second-order valence-corrected chi connectivity index (χ2v) is 6.15. The van der Waals surface area contributed by atoms with Crippen molar-refractivity contribution in [3.63, 3.8) is 0 Å². The summed E-state index contributed by atoms with van der Waals surface area (Å²) in [6, 6.07) is 4.41. The molecule has 0 bridgehead atoms. The van der Waals surface area contributed by atoms with E-state index in [4.69, 9.17) is 5.73 Å². The molecule has 0 aromatic heterocycles. The number of halogens is 1. The van der Waals surface area contributed by atoms with Crippen LogP contribution in [-0.2, 0) is 6.54 Å². The van der Waals surface area contributed by atoms with Crippen molar-refractivity contribution in [1.82, 2.24) is 5.32 Å². The zero-order chi connectivity index (χ0) is 14.6. The highest BCUT2D eigenvalue weighted by Crippen LogP contribution is 2.34. The standard InChI is InChI=1S/C16H23FN2O/c1-16(7-3-2-4-8-16)11-19-10-13-6-5-12(15(18)20)9-14(13)17/h5-6,9,19H,2-4,7-8,10-11H2,1H3,(H2,18,20). The van der Waals surface area contributed by atoms with Crippen LogP contribution < -0.4 is 11.1 Å². The van der Waals surface area contributed by atoms with E-state index in [9.17, 15) is 9.18 Å². The van der Waals surface area contributed by atoms with Gasteiger partial charge in [0.2, 0.25) is 5.91 Å². The number of hydrogen-bond acceptors (Lipinski definition) is 2. The Morgan fingerprint density at radius 2 is 2.05 bits per heavy atom. The Kier molecular flexibility index (Phi) is 4.76. The Bertz CT molecular complexity index is 481.